The Balaban J connectivity index is 1.57. The van der Waals surface area contributed by atoms with Gasteiger partial charge in [0.1, 0.15) is 5.01 Å². The van der Waals surface area contributed by atoms with Crippen molar-refractivity contribution in [1.82, 2.24) is 14.9 Å². The molecule has 5 heteroatoms. The normalized spacial score (nSPS) is 12.6. The molecule has 1 unspecified atom stereocenters. The first-order valence-electron chi connectivity index (χ1n) is 9.54. The molecule has 0 spiro atoms. The van der Waals surface area contributed by atoms with E-state index in [9.17, 15) is 0 Å². The molecule has 2 aromatic carbocycles. The van der Waals surface area contributed by atoms with E-state index >= 15 is 0 Å². The number of aromatic amines is 1. The van der Waals surface area contributed by atoms with Gasteiger partial charge in [0, 0.05) is 39.8 Å². The first kappa shape index (κ1) is 18.7. The van der Waals surface area contributed by atoms with Gasteiger partial charge in [-0.15, -0.1) is 11.3 Å². The van der Waals surface area contributed by atoms with E-state index in [1.54, 1.807) is 11.3 Å². The van der Waals surface area contributed by atoms with Gasteiger partial charge in [-0.1, -0.05) is 18.2 Å². The summed E-state index contributed by atoms with van der Waals surface area (Å²) in [5, 5.41) is 7.97. The molecule has 2 N–H and O–H groups in total. The molecular weight excluding hydrogens is 364 g/mol. The smallest absolute Gasteiger partial charge is 0.123 e. The Morgan fingerprint density at radius 1 is 1.18 bits per heavy atom. The molecule has 144 valence electrons. The maximum atomic E-state index is 4.86. The average molecular weight is 391 g/mol. The van der Waals surface area contributed by atoms with Crippen LogP contribution >= 0.6 is 11.3 Å². The zero-order valence-corrected chi connectivity index (χ0v) is 17.6. The minimum atomic E-state index is 0.356. The predicted octanol–water partition coefficient (Wildman–Crippen LogP) is 5.83. The summed E-state index contributed by atoms with van der Waals surface area (Å²) in [6.07, 6.45) is 2.12. The highest BCUT2D eigenvalue weighted by atomic mass is 32.1. The van der Waals surface area contributed by atoms with Crippen molar-refractivity contribution in [2.45, 2.75) is 26.4 Å². The number of H-pyrrole nitrogens is 1. The number of benzene rings is 2. The number of nitrogens with one attached hydrogen (secondary N) is 2. The van der Waals surface area contributed by atoms with E-state index in [1.807, 2.05) is 0 Å². The van der Waals surface area contributed by atoms with Crippen LogP contribution in [-0.2, 0) is 6.54 Å². The van der Waals surface area contributed by atoms with Gasteiger partial charge in [-0.3, -0.25) is 0 Å². The molecule has 0 fully saturated rings. The molecule has 2 aromatic heterocycles. The van der Waals surface area contributed by atoms with Crippen molar-refractivity contribution in [3.63, 3.8) is 0 Å². The minimum Gasteiger partial charge on any atom is -0.379 e. The number of rotatable bonds is 6. The number of hydrogen-bond acceptors (Lipinski definition) is 4. The standard InChI is InChI=1S/C23H26N4S/c1-15-7-5-6-8-21(15)24-12-18-14-28-23(26-18)17-9-10-22-19(11-17)20(13-25-22)16(2)27(3)4/h5-11,13-14,16,24-25H,12H2,1-4H3. The molecule has 4 rings (SSSR count). The van der Waals surface area contributed by atoms with Crippen LogP contribution in [0.5, 0.6) is 0 Å². The van der Waals surface area contributed by atoms with E-state index in [4.69, 9.17) is 4.98 Å². The summed E-state index contributed by atoms with van der Waals surface area (Å²) < 4.78 is 0. The maximum Gasteiger partial charge on any atom is 0.123 e. The monoisotopic (exact) mass is 390 g/mol. The summed E-state index contributed by atoms with van der Waals surface area (Å²) >= 11 is 1.70. The molecule has 28 heavy (non-hydrogen) atoms. The number of nitrogens with zero attached hydrogens (tertiary/aromatic N) is 2. The van der Waals surface area contributed by atoms with Crippen LogP contribution in [0, 0.1) is 6.92 Å². The largest absolute Gasteiger partial charge is 0.379 e. The van der Waals surface area contributed by atoms with Crippen molar-refractivity contribution >= 4 is 27.9 Å². The first-order valence-corrected chi connectivity index (χ1v) is 10.4. The predicted molar refractivity (Wildman–Crippen MR) is 120 cm³/mol. The Bertz CT molecular complexity index is 1090. The van der Waals surface area contributed by atoms with Gasteiger partial charge in [-0.25, -0.2) is 4.98 Å². The van der Waals surface area contributed by atoms with Crippen molar-refractivity contribution < 1.29 is 0 Å². The molecular formula is C23H26N4S. The fraction of sp³-hybridized carbons (Fsp3) is 0.261. The quantitative estimate of drug-likeness (QED) is 0.435. The summed E-state index contributed by atoms with van der Waals surface area (Å²) in [5.41, 5.74) is 7.14. The number of aromatic nitrogens is 2. The molecule has 0 aliphatic rings. The number of hydrogen-bond donors (Lipinski definition) is 2. The topological polar surface area (TPSA) is 44.0 Å². The van der Waals surface area contributed by atoms with Gasteiger partial charge in [0.2, 0.25) is 0 Å². The molecule has 2 heterocycles. The second-order valence-corrected chi connectivity index (χ2v) is 8.31. The van der Waals surface area contributed by atoms with Crippen molar-refractivity contribution in [3.05, 3.63) is 70.9 Å². The molecule has 4 nitrogen and oxygen atoms in total. The Hall–Kier alpha value is -2.63. The lowest BCUT2D eigenvalue weighted by atomic mass is 10.0. The van der Waals surface area contributed by atoms with Crippen molar-refractivity contribution in [3.8, 4) is 10.6 Å². The summed E-state index contributed by atoms with van der Waals surface area (Å²) in [6, 6.07) is 15.3. The van der Waals surface area contributed by atoms with Crippen LogP contribution < -0.4 is 5.32 Å². The van der Waals surface area contributed by atoms with E-state index in [0.29, 0.717) is 6.04 Å². The first-order chi connectivity index (χ1) is 13.5. The molecule has 0 aliphatic carbocycles. The van der Waals surface area contributed by atoms with Gasteiger partial charge in [0.05, 0.1) is 12.2 Å². The van der Waals surface area contributed by atoms with E-state index in [-0.39, 0.29) is 0 Å². The van der Waals surface area contributed by atoms with Crippen LogP contribution in [0.2, 0.25) is 0 Å². The van der Waals surface area contributed by atoms with Crippen LogP contribution in [0.4, 0.5) is 5.69 Å². The molecule has 4 aromatic rings. The number of fused-ring (bicyclic) bond motifs is 1. The maximum absolute atomic E-state index is 4.86. The number of thiazole rings is 1. The van der Waals surface area contributed by atoms with Crippen molar-refractivity contribution in [2.75, 3.05) is 19.4 Å². The zero-order valence-electron chi connectivity index (χ0n) is 16.8. The second-order valence-electron chi connectivity index (χ2n) is 7.46. The van der Waals surface area contributed by atoms with E-state index in [1.165, 1.54) is 27.6 Å². The zero-order chi connectivity index (χ0) is 19.7. The summed E-state index contributed by atoms with van der Waals surface area (Å²) in [5.74, 6) is 0. The molecule has 0 radical (unpaired) electrons. The summed E-state index contributed by atoms with van der Waals surface area (Å²) in [6.45, 7) is 5.08. The van der Waals surface area contributed by atoms with Crippen LogP contribution in [-0.4, -0.2) is 29.0 Å². The Morgan fingerprint density at radius 2 is 2.00 bits per heavy atom. The van der Waals surface area contributed by atoms with E-state index < -0.39 is 0 Å². The summed E-state index contributed by atoms with van der Waals surface area (Å²) in [7, 11) is 4.23. The average Bonchev–Trinajstić information content (AvgIpc) is 3.33. The lowest BCUT2D eigenvalue weighted by Gasteiger charge is -2.19. The highest BCUT2D eigenvalue weighted by Crippen LogP contribution is 2.32. The van der Waals surface area contributed by atoms with Crippen LogP contribution in [0.3, 0.4) is 0 Å². The Kier molecular flexibility index (Phi) is 5.20. The van der Waals surface area contributed by atoms with Crippen LogP contribution in [0.15, 0.2) is 54.0 Å². The van der Waals surface area contributed by atoms with Gasteiger partial charge in [-0.05, 0) is 63.3 Å². The van der Waals surface area contributed by atoms with Crippen LogP contribution in [0.25, 0.3) is 21.5 Å². The molecule has 0 saturated heterocycles. The Morgan fingerprint density at radius 3 is 2.79 bits per heavy atom. The lowest BCUT2D eigenvalue weighted by Crippen LogP contribution is -2.16. The third-order valence-electron chi connectivity index (χ3n) is 5.34. The molecule has 0 amide bonds. The third kappa shape index (κ3) is 3.68. The second kappa shape index (κ2) is 7.78. The molecule has 0 aliphatic heterocycles. The fourth-order valence-electron chi connectivity index (χ4n) is 3.38. The molecule has 0 bridgehead atoms. The van der Waals surface area contributed by atoms with Gasteiger partial charge in [0.25, 0.3) is 0 Å². The summed E-state index contributed by atoms with van der Waals surface area (Å²) in [4.78, 5) is 10.5. The van der Waals surface area contributed by atoms with Gasteiger partial charge in [-0.2, -0.15) is 0 Å². The van der Waals surface area contributed by atoms with E-state index in [2.05, 4.69) is 97.2 Å². The van der Waals surface area contributed by atoms with Gasteiger partial charge < -0.3 is 15.2 Å². The Labute approximate surface area is 170 Å². The SMILES string of the molecule is Cc1ccccc1NCc1csc(-c2ccc3[nH]cc(C(C)N(C)C)c3c2)n1. The van der Waals surface area contributed by atoms with E-state index in [0.717, 1.165) is 22.9 Å². The number of anilines is 1. The molecule has 0 saturated carbocycles. The number of aryl methyl sites for hydroxylation is 1. The highest BCUT2D eigenvalue weighted by molar-refractivity contribution is 7.13. The van der Waals surface area contributed by atoms with Crippen molar-refractivity contribution in [2.24, 2.45) is 0 Å². The van der Waals surface area contributed by atoms with Crippen LogP contribution in [0.1, 0.15) is 29.8 Å². The van der Waals surface area contributed by atoms with Gasteiger partial charge >= 0.3 is 0 Å². The fourth-order valence-corrected chi connectivity index (χ4v) is 4.19. The van der Waals surface area contributed by atoms with Gasteiger partial charge in [0.15, 0.2) is 0 Å². The molecule has 1 atom stereocenters. The third-order valence-corrected chi connectivity index (χ3v) is 6.28. The lowest BCUT2D eigenvalue weighted by molar-refractivity contribution is 0.323. The highest BCUT2D eigenvalue weighted by Gasteiger charge is 2.14. The number of para-hydroxylation sites is 1. The minimum absolute atomic E-state index is 0.356. The van der Waals surface area contributed by atoms with Crippen molar-refractivity contribution in [1.29, 1.82) is 0 Å².